The predicted octanol–water partition coefficient (Wildman–Crippen LogP) is 6.58. The fourth-order valence-electron chi connectivity index (χ4n) is 5.56. The molecule has 0 bridgehead atoms. The summed E-state index contributed by atoms with van der Waals surface area (Å²) in [6.45, 7) is 3.54. The maximum atomic E-state index is 14.6. The molecule has 0 radical (unpaired) electrons. The molecule has 39 heavy (non-hydrogen) atoms. The third-order valence-electron chi connectivity index (χ3n) is 7.46. The molecule has 0 amide bonds. The zero-order chi connectivity index (χ0) is 27.7. The largest absolute Gasteiger partial charge is 0.573 e. The summed E-state index contributed by atoms with van der Waals surface area (Å²) in [5.41, 5.74) is 3.19. The molecule has 4 aromatic rings. The highest BCUT2D eigenvalue weighted by molar-refractivity contribution is 5.71. The summed E-state index contributed by atoms with van der Waals surface area (Å²) in [5.74, 6) is -0.719. The summed E-state index contributed by atoms with van der Waals surface area (Å²) in [4.78, 5) is 27.1. The number of ether oxygens (including phenoxy) is 1. The molecule has 0 aliphatic heterocycles. The molecule has 1 saturated carbocycles. The van der Waals surface area contributed by atoms with Crippen LogP contribution in [0.15, 0.2) is 53.6 Å². The molecule has 3 heterocycles. The normalized spacial score (nSPS) is 17.9. The van der Waals surface area contributed by atoms with Crippen molar-refractivity contribution in [2.45, 2.75) is 70.7 Å². The highest BCUT2D eigenvalue weighted by atomic mass is 19.4. The van der Waals surface area contributed by atoms with Gasteiger partial charge in [0.05, 0.1) is 12.2 Å². The number of halogens is 4. The van der Waals surface area contributed by atoms with Crippen molar-refractivity contribution in [2.24, 2.45) is 0 Å². The Morgan fingerprint density at radius 1 is 1.05 bits per heavy atom. The Kier molecular flexibility index (Phi) is 7.38. The predicted molar refractivity (Wildman–Crippen MR) is 138 cm³/mol. The van der Waals surface area contributed by atoms with Gasteiger partial charge in [0.2, 0.25) is 0 Å². The first-order valence-electron chi connectivity index (χ1n) is 13.0. The first-order valence-corrected chi connectivity index (χ1v) is 13.0. The van der Waals surface area contributed by atoms with E-state index in [2.05, 4.69) is 19.7 Å². The van der Waals surface area contributed by atoms with Crippen molar-refractivity contribution in [1.82, 2.24) is 19.5 Å². The Morgan fingerprint density at radius 2 is 1.79 bits per heavy atom. The van der Waals surface area contributed by atoms with Crippen LogP contribution in [-0.4, -0.2) is 25.9 Å². The number of fused-ring (bicyclic) bond motifs is 1. The van der Waals surface area contributed by atoms with Crippen molar-refractivity contribution in [3.05, 3.63) is 93.0 Å². The van der Waals surface area contributed by atoms with E-state index in [1.807, 2.05) is 19.9 Å². The maximum Gasteiger partial charge on any atom is 0.573 e. The fourth-order valence-corrected chi connectivity index (χ4v) is 5.56. The van der Waals surface area contributed by atoms with Crippen LogP contribution in [0.5, 0.6) is 5.75 Å². The standard InChI is InChI=1S/C29H28F4N4O2/c1-3-20-15-35-23-14-21(18-9-11-19(12-10-18)26-17(2)6-4-7-22(26)30)28(38)37(27(23)36-20)16-24-25(8-5-13-34-24)39-29(31,32)33/h4-8,13-15,18-19H,3,9-12,16H2,1-2H3. The summed E-state index contributed by atoms with van der Waals surface area (Å²) >= 11 is 0. The summed E-state index contributed by atoms with van der Waals surface area (Å²) < 4.78 is 59.2. The maximum absolute atomic E-state index is 14.6. The summed E-state index contributed by atoms with van der Waals surface area (Å²) in [6.07, 6.45) is 1.43. The monoisotopic (exact) mass is 540 g/mol. The average molecular weight is 541 g/mol. The molecule has 1 aliphatic carbocycles. The van der Waals surface area contributed by atoms with Gasteiger partial charge in [-0.25, -0.2) is 9.37 Å². The van der Waals surface area contributed by atoms with Gasteiger partial charge in [-0.3, -0.25) is 19.3 Å². The first kappa shape index (κ1) is 26.8. The van der Waals surface area contributed by atoms with Gasteiger partial charge in [-0.1, -0.05) is 19.1 Å². The van der Waals surface area contributed by atoms with Crippen LogP contribution in [0.25, 0.3) is 11.2 Å². The summed E-state index contributed by atoms with van der Waals surface area (Å²) in [6, 6.07) is 9.34. The van der Waals surface area contributed by atoms with Gasteiger partial charge in [0.25, 0.3) is 5.56 Å². The lowest BCUT2D eigenvalue weighted by Gasteiger charge is -2.30. The molecule has 204 valence electrons. The Labute approximate surface area is 222 Å². The quantitative estimate of drug-likeness (QED) is 0.258. The van der Waals surface area contributed by atoms with E-state index in [4.69, 9.17) is 0 Å². The number of alkyl halides is 3. The molecule has 0 N–H and O–H groups in total. The van der Waals surface area contributed by atoms with E-state index in [-0.39, 0.29) is 41.1 Å². The number of rotatable bonds is 6. The molecule has 1 aromatic carbocycles. The molecule has 6 nitrogen and oxygen atoms in total. The van der Waals surface area contributed by atoms with Crippen LogP contribution in [0, 0.1) is 12.7 Å². The number of pyridine rings is 2. The average Bonchev–Trinajstić information content (AvgIpc) is 2.90. The third kappa shape index (κ3) is 5.65. The van der Waals surface area contributed by atoms with E-state index in [1.165, 1.54) is 29.0 Å². The molecule has 10 heteroatoms. The van der Waals surface area contributed by atoms with E-state index in [0.717, 1.165) is 11.1 Å². The number of hydrogen-bond donors (Lipinski definition) is 0. The van der Waals surface area contributed by atoms with E-state index < -0.39 is 12.1 Å². The zero-order valence-electron chi connectivity index (χ0n) is 21.6. The number of nitrogens with zero attached hydrogens (tertiary/aromatic N) is 4. The smallest absolute Gasteiger partial charge is 0.404 e. The molecular weight excluding hydrogens is 512 g/mol. The Hall–Kier alpha value is -3.82. The van der Waals surface area contributed by atoms with Crippen LogP contribution in [-0.2, 0) is 13.0 Å². The van der Waals surface area contributed by atoms with Crippen molar-refractivity contribution >= 4 is 11.2 Å². The lowest BCUT2D eigenvalue weighted by molar-refractivity contribution is -0.275. The van der Waals surface area contributed by atoms with Crippen LogP contribution in [0.4, 0.5) is 17.6 Å². The Balaban J connectivity index is 1.52. The molecule has 0 unspecified atom stereocenters. The van der Waals surface area contributed by atoms with Gasteiger partial charge in [-0.05, 0) is 86.3 Å². The second-order valence-electron chi connectivity index (χ2n) is 9.93. The van der Waals surface area contributed by atoms with Gasteiger partial charge in [0.1, 0.15) is 17.0 Å². The minimum Gasteiger partial charge on any atom is -0.404 e. The molecule has 1 aliphatic rings. The minimum absolute atomic E-state index is 0.0437. The Morgan fingerprint density at radius 3 is 2.49 bits per heavy atom. The van der Waals surface area contributed by atoms with Crippen molar-refractivity contribution in [3.8, 4) is 5.75 Å². The van der Waals surface area contributed by atoms with E-state index in [0.29, 0.717) is 48.9 Å². The van der Waals surface area contributed by atoms with Gasteiger partial charge in [-0.15, -0.1) is 13.2 Å². The minimum atomic E-state index is -4.91. The lowest BCUT2D eigenvalue weighted by Crippen LogP contribution is -2.29. The summed E-state index contributed by atoms with van der Waals surface area (Å²) in [7, 11) is 0. The van der Waals surface area contributed by atoms with Crippen molar-refractivity contribution in [1.29, 1.82) is 0 Å². The van der Waals surface area contributed by atoms with Crippen LogP contribution >= 0.6 is 0 Å². The lowest BCUT2D eigenvalue weighted by atomic mass is 9.75. The third-order valence-corrected chi connectivity index (χ3v) is 7.46. The molecule has 0 spiro atoms. The zero-order valence-corrected chi connectivity index (χ0v) is 21.6. The summed E-state index contributed by atoms with van der Waals surface area (Å²) in [5, 5.41) is 0. The van der Waals surface area contributed by atoms with Crippen LogP contribution in [0.1, 0.15) is 72.5 Å². The van der Waals surface area contributed by atoms with Crippen molar-refractivity contribution < 1.29 is 22.3 Å². The van der Waals surface area contributed by atoms with Gasteiger partial charge < -0.3 is 4.74 Å². The fraction of sp³-hybridized carbons (Fsp3) is 0.379. The van der Waals surface area contributed by atoms with Crippen LogP contribution in [0.2, 0.25) is 0 Å². The van der Waals surface area contributed by atoms with E-state index in [1.54, 1.807) is 18.3 Å². The van der Waals surface area contributed by atoms with Gasteiger partial charge in [0.15, 0.2) is 11.4 Å². The number of aromatic nitrogens is 4. The van der Waals surface area contributed by atoms with Gasteiger partial charge >= 0.3 is 6.36 Å². The van der Waals surface area contributed by atoms with Crippen LogP contribution < -0.4 is 10.3 Å². The van der Waals surface area contributed by atoms with Crippen molar-refractivity contribution in [2.75, 3.05) is 0 Å². The highest BCUT2D eigenvalue weighted by Crippen LogP contribution is 2.41. The van der Waals surface area contributed by atoms with Crippen molar-refractivity contribution in [3.63, 3.8) is 0 Å². The van der Waals surface area contributed by atoms with Gasteiger partial charge in [-0.2, -0.15) is 0 Å². The second-order valence-corrected chi connectivity index (χ2v) is 9.93. The Bertz CT molecular complexity index is 1540. The molecule has 1 fully saturated rings. The number of aryl methyl sites for hydroxylation is 2. The van der Waals surface area contributed by atoms with E-state index >= 15 is 0 Å². The molecular formula is C29H28F4N4O2. The topological polar surface area (TPSA) is 69.9 Å². The first-order chi connectivity index (χ1) is 18.6. The van der Waals surface area contributed by atoms with Gasteiger partial charge in [0, 0.05) is 18.0 Å². The second kappa shape index (κ2) is 10.7. The number of hydrogen-bond acceptors (Lipinski definition) is 5. The SMILES string of the molecule is CCc1cnc2cc(C3CCC(c4c(C)cccc4F)CC3)c(=O)n(Cc3ncccc3OC(F)(F)F)c2n1. The molecule has 3 aromatic heterocycles. The highest BCUT2D eigenvalue weighted by Gasteiger charge is 2.33. The number of benzene rings is 1. The molecule has 0 atom stereocenters. The van der Waals surface area contributed by atoms with E-state index in [9.17, 15) is 22.4 Å². The van der Waals surface area contributed by atoms with Crippen LogP contribution in [0.3, 0.4) is 0 Å². The molecule has 0 saturated heterocycles. The molecule has 5 rings (SSSR count).